The smallest absolute Gasteiger partial charge is 0.417 e. The predicted octanol–water partition coefficient (Wildman–Crippen LogP) is 7.29. The number of benzene rings is 3. The number of carboxylic acids is 1. The zero-order valence-corrected chi connectivity index (χ0v) is 22.0. The number of hydrogen-bond donors (Lipinski definition) is 1. The second-order valence-corrected chi connectivity index (χ2v) is 11.1. The zero-order chi connectivity index (χ0) is 29.2. The van der Waals surface area contributed by atoms with Crippen LogP contribution in [0.25, 0.3) is 12.2 Å². The predicted molar refractivity (Wildman–Crippen MR) is 139 cm³/mol. The molecule has 1 heterocycles. The quantitative estimate of drug-likeness (QED) is 0.217. The van der Waals surface area contributed by atoms with Gasteiger partial charge in [0.1, 0.15) is 11.9 Å². The van der Waals surface area contributed by atoms with Gasteiger partial charge in [-0.1, -0.05) is 48.0 Å². The summed E-state index contributed by atoms with van der Waals surface area (Å²) < 4.78 is 101. The first-order valence-corrected chi connectivity index (χ1v) is 13.6. The normalized spacial score (nSPS) is 15.8. The maximum absolute atomic E-state index is 13.6. The third-order valence-electron chi connectivity index (χ3n) is 6.09. The lowest BCUT2D eigenvalue weighted by Crippen LogP contribution is -2.43. The molecule has 3 aromatic carbocycles. The molecular weight excluding hydrogens is 581 g/mol. The topological polar surface area (TPSA) is 83.9 Å². The van der Waals surface area contributed by atoms with Crippen molar-refractivity contribution >= 4 is 45.4 Å². The number of aliphatic carboxylic acids is 1. The van der Waals surface area contributed by atoms with Gasteiger partial charge in [0.05, 0.1) is 22.7 Å². The molecule has 0 aromatic heterocycles. The zero-order valence-electron chi connectivity index (χ0n) is 20.4. The highest BCUT2D eigenvalue weighted by Gasteiger charge is 2.36. The maximum atomic E-state index is 13.6. The van der Waals surface area contributed by atoms with E-state index in [-0.39, 0.29) is 41.4 Å². The van der Waals surface area contributed by atoms with E-state index in [1.54, 1.807) is 0 Å². The molecule has 212 valence electrons. The van der Waals surface area contributed by atoms with Crippen LogP contribution in [0.1, 0.15) is 41.5 Å². The van der Waals surface area contributed by atoms with Crippen LogP contribution in [-0.4, -0.2) is 32.1 Å². The molecule has 1 aliphatic rings. The summed E-state index contributed by atoms with van der Waals surface area (Å²) in [6.07, 6.45) is -6.33. The van der Waals surface area contributed by atoms with E-state index >= 15 is 0 Å². The van der Waals surface area contributed by atoms with Crippen molar-refractivity contribution in [2.24, 2.45) is 0 Å². The molecule has 0 saturated heterocycles. The minimum absolute atomic E-state index is 0.00591. The molecular formula is C27H21ClF5NO5S. The summed E-state index contributed by atoms with van der Waals surface area (Å²) >= 11 is 6.02. The number of carboxylic acid groups (broad SMARTS) is 1. The van der Waals surface area contributed by atoms with Gasteiger partial charge in [0.2, 0.25) is 0 Å². The summed E-state index contributed by atoms with van der Waals surface area (Å²) in [6, 6.07) is 11.9. The Morgan fingerprint density at radius 1 is 1.10 bits per heavy atom. The standard InChI is InChI=1S/C27H21ClF5NO5S/c28-22-6-2-5-21(27(31,32)33)20(22)10-7-16-8-11-24-23(13-16)34(15-18(39-24)9-12-25(35)36)40(37,38)19-4-1-3-17(14-19)26(29)30/h1-8,10-11,13-14,18,26H,9,12,15H2,(H,35,36)/b10-7+/t18-/m0/s1. The van der Waals surface area contributed by atoms with Gasteiger partial charge in [-0.2, -0.15) is 13.2 Å². The van der Waals surface area contributed by atoms with Gasteiger partial charge in [-0.05, 0) is 48.4 Å². The number of rotatable bonds is 8. The molecule has 4 rings (SSSR count). The molecule has 1 N–H and O–H groups in total. The Morgan fingerprint density at radius 3 is 2.50 bits per heavy atom. The molecule has 0 radical (unpaired) electrons. The Balaban J connectivity index is 1.77. The molecule has 0 unspecified atom stereocenters. The molecule has 3 aromatic rings. The Labute approximate surface area is 231 Å². The van der Waals surface area contributed by atoms with Gasteiger partial charge in [-0.25, -0.2) is 17.2 Å². The van der Waals surface area contributed by atoms with E-state index in [2.05, 4.69) is 0 Å². The SMILES string of the molecule is O=C(O)CC[C@H]1CN(S(=O)(=O)c2cccc(C(F)F)c2)c2cc(/C=C/c3c(Cl)cccc3C(F)(F)F)ccc2O1. The van der Waals surface area contributed by atoms with Crippen molar-refractivity contribution in [1.82, 2.24) is 0 Å². The summed E-state index contributed by atoms with van der Waals surface area (Å²) in [5, 5.41) is 8.92. The van der Waals surface area contributed by atoms with Crippen molar-refractivity contribution in [3.63, 3.8) is 0 Å². The summed E-state index contributed by atoms with van der Waals surface area (Å²) in [6.45, 7) is -0.322. The molecule has 1 aliphatic heterocycles. The molecule has 6 nitrogen and oxygen atoms in total. The molecule has 1 atom stereocenters. The fourth-order valence-corrected chi connectivity index (χ4v) is 5.96. The van der Waals surface area contributed by atoms with Crippen LogP contribution in [0.3, 0.4) is 0 Å². The second-order valence-electron chi connectivity index (χ2n) is 8.84. The average molecular weight is 602 g/mol. The van der Waals surface area contributed by atoms with Crippen LogP contribution in [0.4, 0.5) is 27.6 Å². The van der Waals surface area contributed by atoms with Crippen molar-refractivity contribution in [2.75, 3.05) is 10.8 Å². The molecule has 0 fully saturated rings. The minimum atomic E-state index is -4.67. The lowest BCUT2D eigenvalue weighted by Gasteiger charge is -2.35. The number of carbonyl (C=O) groups is 1. The Bertz CT molecular complexity index is 1560. The first kappa shape index (κ1) is 29.3. The molecule has 13 heteroatoms. The van der Waals surface area contributed by atoms with Crippen molar-refractivity contribution in [1.29, 1.82) is 0 Å². The number of hydrogen-bond acceptors (Lipinski definition) is 4. The number of alkyl halides is 5. The van der Waals surface area contributed by atoms with Crippen LogP contribution in [0, 0.1) is 0 Å². The highest BCUT2D eigenvalue weighted by molar-refractivity contribution is 7.92. The fourth-order valence-electron chi connectivity index (χ4n) is 4.17. The van der Waals surface area contributed by atoms with Gasteiger partial charge < -0.3 is 9.84 Å². The Kier molecular flexibility index (Phi) is 8.41. The summed E-state index contributed by atoms with van der Waals surface area (Å²) in [4.78, 5) is 10.7. The maximum Gasteiger partial charge on any atom is 0.417 e. The van der Waals surface area contributed by atoms with Crippen molar-refractivity contribution in [3.8, 4) is 5.75 Å². The number of halogens is 6. The monoisotopic (exact) mass is 601 g/mol. The lowest BCUT2D eigenvalue weighted by molar-refractivity contribution is -0.138. The fraction of sp³-hybridized carbons (Fsp3) is 0.222. The van der Waals surface area contributed by atoms with Crippen LogP contribution < -0.4 is 9.04 Å². The van der Waals surface area contributed by atoms with Crippen LogP contribution in [-0.2, 0) is 21.0 Å². The van der Waals surface area contributed by atoms with E-state index in [0.29, 0.717) is 5.56 Å². The highest BCUT2D eigenvalue weighted by atomic mass is 35.5. The molecule has 0 aliphatic carbocycles. The van der Waals surface area contributed by atoms with Crippen LogP contribution in [0.2, 0.25) is 5.02 Å². The molecule has 0 saturated carbocycles. The first-order chi connectivity index (χ1) is 18.8. The van der Waals surface area contributed by atoms with Crippen LogP contribution in [0.5, 0.6) is 5.75 Å². The second kappa shape index (κ2) is 11.5. The number of ether oxygens (including phenoxy) is 1. The van der Waals surface area contributed by atoms with Crippen molar-refractivity contribution in [2.45, 2.75) is 36.4 Å². The van der Waals surface area contributed by atoms with Gasteiger partial charge in [0.15, 0.2) is 0 Å². The van der Waals surface area contributed by atoms with Crippen LogP contribution in [0.15, 0.2) is 65.6 Å². The number of nitrogens with zero attached hydrogens (tertiary/aromatic N) is 1. The van der Waals surface area contributed by atoms with E-state index < -0.39 is 50.7 Å². The molecule has 40 heavy (non-hydrogen) atoms. The summed E-state index contributed by atoms with van der Waals surface area (Å²) in [5.41, 5.74) is -1.45. The van der Waals surface area contributed by atoms with E-state index in [0.717, 1.165) is 34.6 Å². The Morgan fingerprint density at radius 2 is 1.82 bits per heavy atom. The first-order valence-electron chi connectivity index (χ1n) is 11.7. The minimum Gasteiger partial charge on any atom is -0.486 e. The van der Waals surface area contributed by atoms with Gasteiger partial charge in [0.25, 0.3) is 16.4 Å². The summed E-state index contributed by atoms with van der Waals surface area (Å²) in [7, 11) is -4.44. The van der Waals surface area contributed by atoms with E-state index in [4.69, 9.17) is 21.4 Å². The number of fused-ring (bicyclic) bond motifs is 1. The third kappa shape index (κ3) is 6.39. The average Bonchev–Trinajstić information content (AvgIpc) is 2.90. The molecule has 0 bridgehead atoms. The molecule has 0 spiro atoms. The van der Waals surface area contributed by atoms with Gasteiger partial charge in [0, 0.05) is 22.6 Å². The number of sulfonamides is 1. The van der Waals surface area contributed by atoms with Gasteiger partial charge >= 0.3 is 12.1 Å². The van der Waals surface area contributed by atoms with Gasteiger partial charge in [-0.3, -0.25) is 9.10 Å². The lowest BCUT2D eigenvalue weighted by atomic mass is 10.0. The summed E-state index contributed by atoms with van der Waals surface area (Å²) in [5.74, 6) is -1.05. The highest BCUT2D eigenvalue weighted by Crippen LogP contribution is 2.40. The van der Waals surface area contributed by atoms with E-state index in [9.17, 15) is 35.2 Å². The van der Waals surface area contributed by atoms with Crippen molar-refractivity contribution in [3.05, 3.63) is 87.9 Å². The largest absolute Gasteiger partial charge is 0.486 e. The molecule has 0 amide bonds. The van der Waals surface area contributed by atoms with Gasteiger partial charge in [-0.15, -0.1) is 0 Å². The third-order valence-corrected chi connectivity index (χ3v) is 8.20. The van der Waals surface area contributed by atoms with Crippen LogP contribution >= 0.6 is 11.6 Å². The van der Waals surface area contributed by atoms with Crippen molar-refractivity contribution < 1.29 is 45.0 Å². The van der Waals surface area contributed by atoms with E-state index in [1.807, 2.05) is 0 Å². The van der Waals surface area contributed by atoms with E-state index in [1.165, 1.54) is 42.5 Å². The Hall–Kier alpha value is -3.64. The number of anilines is 1.